The van der Waals surface area contributed by atoms with E-state index in [0.717, 1.165) is 0 Å². The smallest absolute Gasteiger partial charge is 0.272 e. The third kappa shape index (κ3) is 4.20. The van der Waals surface area contributed by atoms with Crippen molar-refractivity contribution in [1.82, 2.24) is 9.88 Å². The van der Waals surface area contributed by atoms with Crippen LogP contribution in [0.2, 0.25) is 0 Å². The molecule has 1 heterocycles. The van der Waals surface area contributed by atoms with Crippen LogP contribution in [0.1, 0.15) is 24.3 Å². The molecule has 0 bridgehead atoms. The highest BCUT2D eigenvalue weighted by Gasteiger charge is 2.15. The van der Waals surface area contributed by atoms with Gasteiger partial charge in [0.25, 0.3) is 5.91 Å². The lowest BCUT2D eigenvalue weighted by Crippen LogP contribution is -2.34. The van der Waals surface area contributed by atoms with Crippen molar-refractivity contribution in [2.24, 2.45) is 5.73 Å². The molecule has 1 atom stereocenters. The Kier molecular flexibility index (Phi) is 5.92. The van der Waals surface area contributed by atoms with Crippen molar-refractivity contribution in [1.29, 1.82) is 0 Å². The van der Waals surface area contributed by atoms with E-state index in [-0.39, 0.29) is 12.5 Å². The van der Waals surface area contributed by atoms with E-state index in [0.29, 0.717) is 24.5 Å². The van der Waals surface area contributed by atoms with Crippen LogP contribution in [0.3, 0.4) is 0 Å². The third-order valence-corrected chi connectivity index (χ3v) is 2.86. The molecule has 2 amide bonds. The molecule has 110 valence electrons. The summed E-state index contributed by atoms with van der Waals surface area (Å²) in [4.78, 5) is 28.5. The van der Waals surface area contributed by atoms with E-state index in [2.05, 4.69) is 10.3 Å². The maximum absolute atomic E-state index is 12.1. The van der Waals surface area contributed by atoms with Gasteiger partial charge in [-0.2, -0.15) is 0 Å². The first-order valence-corrected chi connectivity index (χ1v) is 6.46. The quantitative estimate of drug-likeness (QED) is 0.642. The van der Waals surface area contributed by atoms with Crippen LogP contribution in [0.15, 0.2) is 18.3 Å². The minimum Gasteiger partial charge on any atom is -0.382 e. The first kappa shape index (κ1) is 15.9. The molecule has 0 saturated heterocycles. The normalized spacial score (nSPS) is 11.8. The van der Waals surface area contributed by atoms with Gasteiger partial charge in [0, 0.05) is 31.5 Å². The van der Waals surface area contributed by atoms with Crippen molar-refractivity contribution in [2.45, 2.75) is 20.0 Å². The van der Waals surface area contributed by atoms with Crippen molar-refractivity contribution in [2.75, 3.05) is 25.0 Å². The first-order valence-electron chi connectivity index (χ1n) is 6.46. The molecule has 0 aliphatic rings. The summed E-state index contributed by atoms with van der Waals surface area (Å²) in [6, 6.07) is 3.22. The van der Waals surface area contributed by atoms with Crippen LogP contribution < -0.4 is 11.1 Å². The average molecular weight is 280 g/mol. The zero-order chi connectivity index (χ0) is 15.1. The molecule has 0 aliphatic heterocycles. The van der Waals surface area contributed by atoms with Gasteiger partial charge in [-0.3, -0.25) is 14.6 Å². The predicted octanol–water partition coefficient (Wildman–Crippen LogP) is -0.178. The lowest BCUT2D eigenvalue weighted by Gasteiger charge is -2.18. The highest BCUT2D eigenvalue weighted by Crippen LogP contribution is 2.10. The van der Waals surface area contributed by atoms with Crippen molar-refractivity contribution in [3.63, 3.8) is 0 Å². The average Bonchev–Trinajstić information content (AvgIpc) is 2.46. The van der Waals surface area contributed by atoms with Crippen molar-refractivity contribution < 1.29 is 14.7 Å². The summed E-state index contributed by atoms with van der Waals surface area (Å²) in [6.07, 6.45) is 0.223. The van der Waals surface area contributed by atoms with E-state index in [1.165, 1.54) is 6.20 Å². The number of rotatable bonds is 7. The van der Waals surface area contributed by atoms with Crippen LogP contribution in [0.5, 0.6) is 0 Å². The molecule has 1 aromatic rings. The van der Waals surface area contributed by atoms with E-state index in [1.807, 2.05) is 13.8 Å². The minimum atomic E-state index is -1.27. The van der Waals surface area contributed by atoms with Gasteiger partial charge in [-0.1, -0.05) is 0 Å². The van der Waals surface area contributed by atoms with Crippen LogP contribution in [-0.4, -0.2) is 52.5 Å². The van der Waals surface area contributed by atoms with Gasteiger partial charge in [0.1, 0.15) is 11.8 Å². The Balaban J connectivity index is 2.75. The largest absolute Gasteiger partial charge is 0.382 e. The number of anilines is 1. The molecular weight excluding hydrogens is 260 g/mol. The summed E-state index contributed by atoms with van der Waals surface area (Å²) < 4.78 is 0. The highest BCUT2D eigenvalue weighted by atomic mass is 16.3. The second-order valence-electron chi connectivity index (χ2n) is 4.21. The van der Waals surface area contributed by atoms with Crippen LogP contribution in [0.25, 0.3) is 0 Å². The number of primary amides is 1. The molecule has 20 heavy (non-hydrogen) atoms. The summed E-state index contributed by atoms with van der Waals surface area (Å²) >= 11 is 0. The fourth-order valence-corrected chi connectivity index (χ4v) is 1.65. The summed E-state index contributed by atoms with van der Waals surface area (Å²) in [6.45, 7) is 4.99. The molecule has 1 aromatic heterocycles. The number of hydrogen-bond acceptors (Lipinski definition) is 5. The Hall–Kier alpha value is -2.15. The molecule has 0 aliphatic carbocycles. The Morgan fingerprint density at radius 1 is 1.45 bits per heavy atom. The maximum Gasteiger partial charge on any atom is 0.272 e. The number of aromatic nitrogens is 1. The van der Waals surface area contributed by atoms with Gasteiger partial charge in [0.05, 0.1) is 0 Å². The van der Waals surface area contributed by atoms with Gasteiger partial charge in [0.15, 0.2) is 0 Å². The van der Waals surface area contributed by atoms with Gasteiger partial charge >= 0.3 is 0 Å². The topological polar surface area (TPSA) is 109 Å². The SMILES string of the molecule is CCN(CC)C(=O)c1cc(NCC(O)C(N)=O)ccn1. The molecule has 0 saturated carbocycles. The molecule has 7 nitrogen and oxygen atoms in total. The van der Waals surface area contributed by atoms with E-state index in [9.17, 15) is 14.7 Å². The number of aliphatic hydroxyl groups is 1. The summed E-state index contributed by atoms with van der Waals surface area (Å²) in [5.74, 6) is -0.958. The second kappa shape index (κ2) is 7.44. The molecule has 0 radical (unpaired) electrons. The lowest BCUT2D eigenvalue weighted by molar-refractivity contribution is -0.125. The number of amides is 2. The van der Waals surface area contributed by atoms with E-state index in [1.54, 1.807) is 17.0 Å². The van der Waals surface area contributed by atoms with Crippen molar-refractivity contribution >= 4 is 17.5 Å². The molecule has 1 unspecified atom stereocenters. The molecule has 7 heteroatoms. The standard InChI is InChI=1S/C13H20N4O3/c1-3-17(4-2)13(20)10-7-9(5-6-15-10)16-8-11(18)12(14)19/h5-7,11,18H,3-4,8H2,1-2H3,(H2,14,19)(H,15,16). The van der Waals surface area contributed by atoms with E-state index < -0.39 is 12.0 Å². The molecule has 1 rings (SSSR count). The Labute approximate surface area is 117 Å². The second-order valence-corrected chi connectivity index (χ2v) is 4.21. The van der Waals surface area contributed by atoms with Gasteiger partial charge in [-0.05, 0) is 26.0 Å². The zero-order valence-electron chi connectivity index (χ0n) is 11.7. The van der Waals surface area contributed by atoms with Crippen molar-refractivity contribution in [3.8, 4) is 0 Å². The Bertz CT molecular complexity index is 474. The van der Waals surface area contributed by atoms with Crippen LogP contribution >= 0.6 is 0 Å². The van der Waals surface area contributed by atoms with Crippen molar-refractivity contribution in [3.05, 3.63) is 24.0 Å². The van der Waals surface area contributed by atoms with Gasteiger partial charge < -0.3 is 21.1 Å². The number of nitrogens with one attached hydrogen (secondary N) is 1. The fourth-order valence-electron chi connectivity index (χ4n) is 1.65. The van der Waals surface area contributed by atoms with Gasteiger partial charge in [-0.15, -0.1) is 0 Å². The molecule has 4 N–H and O–H groups in total. The molecule has 0 aromatic carbocycles. The Morgan fingerprint density at radius 2 is 2.10 bits per heavy atom. The maximum atomic E-state index is 12.1. The molecule has 0 fully saturated rings. The van der Waals surface area contributed by atoms with E-state index >= 15 is 0 Å². The Morgan fingerprint density at radius 3 is 2.65 bits per heavy atom. The predicted molar refractivity (Wildman–Crippen MR) is 75.2 cm³/mol. The summed E-state index contributed by atoms with van der Waals surface area (Å²) in [7, 11) is 0. The van der Waals surface area contributed by atoms with Crippen LogP contribution in [0, 0.1) is 0 Å². The fraction of sp³-hybridized carbons (Fsp3) is 0.462. The number of carbonyl (C=O) groups is 2. The number of hydrogen-bond donors (Lipinski definition) is 3. The number of nitrogens with zero attached hydrogens (tertiary/aromatic N) is 2. The van der Waals surface area contributed by atoms with E-state index in [4.69, 9.17) is 5.73 Å². The number of carbonyl (C=O) groups excluding carboxylic acids is 2. The highest BCUT2D eigenvalue weighted by molar-refractivity contribution is 5.93. The van der Waals surface area contributed by atoms with Gasteiger partial charge in [-0.25, -0.2) is 0 Å². The number of pyridine rings is 1. The monoisotopic (exact) mass is 280 g/mol. The summed E-state index contributed by atoms with van der Waals surface area (Å²) in [5, 5.41) is 12.1. The number of nitrogens with two attached hydrogens (primary N) is 1. The van der Waals surface area contributed by atoms with Gasteiger partial charge in [0.2, 0.25) is 5.91 Å². The van der Waals surface area contributed by atoms with Crippen LogP contribution in [0.4, 0.5) is 5.69 Å². The lowest BCUT2D eigenvalue weighted by atomic mass is 10.2. The molecular formula is C13H20N4O3. The zero-order valence-corrected chi connectivity index (χ0v) is 11.7. The summed E-state index contributed by atoms with van der Waals surface area (Å²) in [5.41, 5.74) is 5.86. The minimum absolute atomic E-state index is 0.0156. The molecule has 0 spiro atoms. The first-order chi connectivity index (χ1) is 9.49. The number of aliphatic hydroxyl groups excluding tert-OH is 1. The van der Waals surface area contributed by atoms with Crippen LogP contribution in [-0.2, 0) is 4.79 Å². The third-order valence-electron chi connectivity index (χ3n) is 2.86.